The van der Waals surface area contributed by atoms with Gasteiger partial charge in [-0.05, 0) is 28.7 Å². The van der Waals surface area contributed by atoms with Gasteiger partial charge < -0.3 is 0 Å². The minimum absolute atomic E-state index is 0.292. The van der Waals surface area contributed by atoms with Crippen LogP contribution in [-0.2, 0) is 0 Å². The van der Waals surface area contributed by atoms with Crippen LogP contribution < -0.4 is 0 Å². The highest BCUT2D eigenvalue weighted by molar-refractivity contribution is 5.29. The molecule has 1 aliphatic carbocycles. The quantitative estimate of drug-likeness (QED) is 0.527. The number of hydrogen-bond acceptors (Lipinski definition) is 0. The highest BCUT2D eigenvalue weighted by Crippen LogP contribution is 2.38. The summed E-state index contributed by atoms with van der Waals surface area (Å²) in [4.78, 5) is 0. The van der Waals surface area contributed by atoms with E-state index in [1.54, 1.807) is 0 Å². The van der Waals surface area contributed by atoms with E-state index in [4.69, 9.17) is 0 Å². The number of allylic oxidation sites excluding steroid dienone is 4. The number of rotatable bonds is 0. The molecule has 1 rings (SSSR count). The van der Waals surface area contributed by atoms with Crippen molar-refractivity contribution in [2.24, 2.45) is 16.7 Å². The van der Waals surface area contributed by atoms with Gasteiger partial charge in [-0.15, -0.1) is 0 Å². The molecule has 0 N–H and O–H groups in total. The van der Waals surface area contributed by atoms with E-state index in [-0.39, 0.29) is 0 Å². The fourth-order valence-electron chi connectivity index (χ4n) is 1.79. The summed E-state index contributed by atoms with van der Waals surface area (Å²) in [5.74, 6) is 0.696. The SMILES string of the molecule is CC(C)(C)C1=CC(C(C)(C)C)CC=C1. The summed E-state index contributed by atoms with van der Waals surface area (Å²) in [6, 6.07) is 0. The van der Waals surface area contributed by atoms with Gasteiger partial charge in [-0.3, -0.25) is 0 Å². The molecule has 0 heterocycles. The summed E-state index contributed by atoms with van der Waals surface area (Å²) in [6.45, 7) is 13.8. The van der Waals surface area contributed by atoms with Gasteiger partial charge in [0.15, 0.2) is 0 Å². The molecular weight excluding hydrogens is 168 g/mol. The topological polar surface area (TPSA) is 0 Å². The predicted molar refractivity (Wildman–Crippen MR) is 64.2 cm³/mol. The van der Waals surface area contributed by atoms with Crippen LogP contribution in [0.1, 0.15) is 48.0 Å². The third-order valence-corrected chi connectivity index (χ3v) is 3.05. The molecular formula is C14H24. The van der Waals surface area contributed by atoms with Gasteiger partial charge in [0.05, 0.1) is 0 Å². The zero-order valence-electron chi connectivity index (χ0n) is 10.5. The summed E-state index contributed by atoms with van der Waals surface area (Å²) in [5.41, 5.74) is 2.17. The van der Waals surface area contributed by atoms with Crippen LogP contribution >= 0.6 is 0 Å². The second kappa shape index (κ2) is 3.56. The van der Waals surface area contributed by atoms with Crippen LogP contribution in [0.4, 0.5) is 0 Å². The van der Waals surface area contributed by atoms with Crippen molar-refractivity contribution in [3.05, 3.63) is 23.8 Å². The first-order valence-corrected chi connectivity index (χ1v) is 5.60. The molecule has 80 valence electrons. The molecule has 0 bridgehead atoms. The van der Waals surface area contributed by atoms with E-state index in [1.807, 2.05) is 0 Å². The lowest BCUT2D eigenvalue weighted by atomic mass is 9.72. The van der Waals surface area contributed by atoms with Crippen LogP contribution in [0, 0.1) is 16.7 Å². The molecule has 0 aromatic carbocycles. The minimum Gasteiger partial charge on any atom is -0.0836 e. The first-order valence-electron chi connectivity index (χ1n) is 5.60. The fourth-order valence-corrected chi connectivity index (χ4v) is 1.79. The largest absolute Gasteiger partial charge is 0.0836 e. The molecule has 0 heteroatoms. The summed E-state index contributed by atoms with van der Waals surface area (Å²) >= 11 is 0. The van der Waals surface area contributed by atoms with E-state index in [9.17, 15) is 0 Å². The summed E-state index contributed by atoms with van der Waals surface area (Å²) < 4.78 is 0. The van der Waals surface area contributed by atoms with E-state index >= 15 is 0 Å². The Balaban J connectivity index is 2.90. The molecule has 0 aromatic rings. The van der Waals surface area contributed by atoms with Gasteiger partial charge in [-0.25, -0.2) is 0 Å². The molecule has 0 amide bonds. The van der Waals surface area contributed by atoms with E-state index in [2.05, 4.69) is 59.8 Å². The van der Waals surface area contributed by atoms with Crippen LogP contribution in [0.25, 0.3) is 0 Å². The Labute approximate surface area is 89.1 Å². The first kappa shape index (κ1) is 11.6. The third kappa shape index (κ3) is 2.73. The van der Waals surface area contributed by atoms with Crippen molar-refractivity contribution in [3.8, 4) is 0 Å². The Morgan fingerprint density at radius 2 is 1.64 bits per heavy atom. The average molecular weight is 192 g/mol. The zero-order chi connectivity index (χ0) is 11.0. The van der Waals surface area contributed by atoms with Crippen LogP contribution in [0.2, 0.25) is 0 Å². The molecule has 0 aromatic heterocycles. The van der Waals surface area contributed by atoms with E-state index in [0.29, 0.717) is 16.7 Å². The Hall–Kier alpha value is -0.520. The normalized spacial score (nSPS) is 23.6. The average Bonchev–Trinajstić information content (AvgIpc) is 2.01. The summed E-state index contributed by atoms with van der Waals surface area (Å²) in [7, 11) is 0. The molecule has 0 saturated carbocycles. The Morgan fingerprint density at radius 1 is 1.07 bits per heavy atom. The van der Waals surface area contributed by atoms with Crippen molar-refractivity contribution >= 4 is 0 Å². The Bertz CT molecular complexity index is 253. The second-order valence-corrected chi connectivity index (χ2v) is 6.48. The van der Waals surface area contributed by atoms with Crippen LogP contribution in [0.3, 0.4) is 0 Å². The lowest BCUT2D eigenvalue weighted by Gasteiger charge is -2.33. The maximum absolute atomic E-state index is 2.47. The molecule has 0 saturated heterocycles. The summed E-state index contributed by atoms with van der Waals surface area (Å²) in [6.07, 6.45) is 8.29. The van der Waals surface area contributed by atoms with Crippen molar-refractivity contribution in [2.75, 3.05) is 0 Å². The van der Waals surface area contributed by atoms with Crippen molar-refractivity contribution in [2.45, 2.75) is 48.0 Å². The van der Waals surface area contributed by atoms with Crippen LogP contribution in [0.15, 0.2) is 23.8 Å². The maximum Gasteiger partial charge on any atom is -0.0135 e. The molecule has 1 atom stereocenters. The number of hydrogen-bond donors (Lipinski definition) is 0. The Morgan fingerprint density at radius 3 is 2.07 bits per heavy atom. The second-order valence-electron chi connectivity index (χ2n) is 6.48. The molecule has 0 radical (unpaired) electrons. The highest BCUT2D eigenvalue weighted by atomic mass is 14.3. The lowest BCUT2D eigenvalue weighted by molar-refractivity contribution is 0.288. The highest BCUT2D eigenvalue weighted by Gasteiger charge is 2.26. The van der Waals surface area contributed by atoms with Crippen LogP contribution in [0.5, 0.6) is 0 Å². The standard InChI is InChI=1S/C14H24/c1-13(2,3)11-8-7-9-12(10-11)14(4,5)6/h7-8,10,12H,9H2,1-6H3. The first-order chi connectivity index (χ1) is 6.21. The van der Waals surface area contributed by atoms with Crippen molar-refractivity contribution < 1.29 is 0 Å². The van der Waals surface area contributed by atoms with Crippen molar-refractivity contribution in [1.29, 1.82) is 0 Å². The molecule has 0 spiro atoms. The van der Waals surface area contributed by atoms with Gasteiger partial charge in [0.25, 0.3) is 0 Å². The van der Waals surface area contributed by atoms with Crippen molar-refractivity contribution in [1.82, 2.24) is 0 Å². The Kier molecular flexibility index (Phi) is 2.94. The van der Waals surface area contributed by atoms with Gasteiger partial charge in [0.1, 0.15) is 0 Å². The van der Waals surface area contributed by atoms with Gasteiger partial charge in [0, 0.05) is 0 Å². The predicted octanol–water partition coefficient (Wildman–Crippen LogP) is 4.58. The van der Waals surface area contributed by atoms with Gasteiger partial charge in [0.2, 0.25) is 0 Å². The molecule has 14 heavy (non-hydrogen) atoms. The summed E-state index contributed by atoms with van der Waals surface area (Å²) in [5, 5.41) is 0. The molecule has 1 aliphatic rings. The van der Waals surface area contributed by atoms with Crippen molar-refractivity contribution in [3.63, 3.8) is 0 Å². The smallest absolute Gasteiger partial charge is 0.0135 e. The van der Waals surface area contributed by atoms with Crippen LogP contribution in [-0.4, -0.2) is 0 Å². The molecule has 1 unspecified atom stereocenters. The zero-order valence-corrected chi connectivity index (χ0v) is 10.5. The fraction of sp³-hybridized carbons (Fsp3) is 0.714. The van der Waals surface area contributed by atoms with E-state index in [0.717, 1.165) is 0 Å². The van der Waals surface area contributed by atoms with E-state index < -0.39 is 0 Å². The monoisotopic (exact) mass is 192 g/mol. The lowest BCUT2D eigenvalue weighted by Crippen LogP contribution is -2.22. The maximum atomic E-state index is 2.47. The van der Waals surface area contributed by atoms with E-state index in [1.165, 1.54) is 12.0 Å². The minimum atomic E-state index is 0.292. The van der Waals surface area contributed by atoms with Gasteiger partial charge in [-0.2, -0.15) is 0 Å². The molecule has 0 nitrogen and oxygen atoms in total. The van der Waals surface area contributed by atoms with Gasteiger partial charge in [-0.1, -0.05) is 59.8 Å². The van der Waals surface area contributed by atoms with Gasteiger partial charge >= 0.3 is 0 Å². The molecule has 0 aliphatic heterocycles. The third-order valence-electron chi connectivity index (χ3n) is 3.05. The molecule has 0 fully saturated rings.